The molecule has 1 amide bonds. The van der Waals surface area contributed by atoms with Gasteiger partial charge in [-0.05, 0) is 44.0 Å². The van der Waals surface area contributed by atoms with Gasteiger partial charge in [-0.1, -0.05) is 6.07 Å². The van der Waals surface area contributed by atoms with Crippen molar-refractivity contribution in [3.63, 3.8) is 0 Å². The second-order valence-electron chi connectivity index (χ2n) is 4.43. The highest BCUT2D eigenvalue weighted by Gasteiger charge is 2.19. The molecule has 0 unspecified atom stereocenters. The SMILES string of the molecule is Cl.Cl.O=C(NCCc1cccnc1)C1CCNCC1. The molecule has 1 saturated heterocycles. The summed E-state index contributed by atoms with van der Waals surface area (Å²) in [6.45, 7) is 2.62. The molecule has 0 spiro atoms. The zero-order valence-electron chi connectivity index (χ0n) is 10.8. The van der Waals surface area contributed by atoms with Gasteiger partial charge in [0.15, 0.2) is 0 Å². The normalized spacial score (nSPS) is 14.9. The first-order valence-electron chi connectivity index (χ1n) is 6.23. The Bertz CT molecular complexity index is 356. The second-order valence-corrected chi connectivity index (χ2v) is 4.43. The first-order valence-corrected chi connectivity index (χ1v) is 6.23. The molecule has 2 heterocycles. The number of halogens is 2. The molecule has 1 aliphatic rings. The first kappa shape index (κ1) is 18.2. The van der Waals surface area contributed by atoms with E-state index < -0.39 is 0 Å². The summed E-state index contributed by atoms with van der Waals surface area (Å²) in [6, 6.07) is 3.95. The molecule has 0 aromatic carbocycles. The van der Waals surface area contributed by atoms with E-state index in [9.17, 15) is 4.79 Å². The van der Waals surface area contributed by atoms with Crippen LogP contribution in [0.5, 0.6) is 0 Å². The van der Waals surface area contributed by atoms with Crippen molar-refractivity contribution in [1.82, 2.24) is 15.6 Å². The average Bonchev–Trinajstić information content (AvgIpc) is 2.41. The third-order valence-corrected chi connectivity index (χ3v) is 3.15. The van der Waals surface area contributed by atoms with Crippen LogP contribution < -0.4 is 10.6 Å². The highest BCUT2D eigenvalue weighted by molar-refractivity contribution is 5.85. The third kappa shape index (κ3) is 6.23. The van der Waals surface area contributed by atoms with Gasteiger partial charge in [0.05, 0.1) is 0 Å². The summed E-state index contributed by atoms with van der Waals surface area (Å²) in [5, 5.41) is 6.27. The van der Waals surface area contributed by atoms with Crippen LogP contribution in [0.3, 0.4) is 0 Å². The molecular weight excluding hydrogens is 285 g/mol. The largest absolute Gasteiger partial charge is 0.356 e. The van der Waals surface area contributed by atoms with Gasteiger partial charge >= 0.3 is 0 Å². The highest BCUT2D eigenvalue weighted by atomic mass is 35.5. The Labute approximate surface area is 126 Å². The standard InChI is InChI=1S/C13H19N3O.2ClH/c17-13(12-4-7-14-8-5-12)16-9-3-11-2-1-6-15-10-11;;/h1-2,6,10,12,14H,3-5,7-9H2,(H,16,17);2*1H. The summed E-state index contributed by atoms with van der Waals surface area (Å²) in [4.78, 5) is 15.9. The van der Waals surface area contributed by atoms with E-state index in [1.165, 1.54) is 0 Å². The van der Waals surface area contributed by atoms with E-state index in [2.05, 4.69) is 15.6 Å². The maximum Gasteiger partial charge on any atom is 0.223 e. The van der Waals surface area contributed by atoms with Gasteiger partial charge in [-0.25, -0.2) is 0 Å². The molecule has 1 aromatic heterocycles. The smallest absolute Gasteiger partial charge is 0.223 e. The van der Waals surface area contributed by atoms with E-state index in [0.717, 1.165) is 37.9 Å². The van der Waals surface area contributed by atoms with Gasteiger partial charge in [-0.2, -0.15) is 0 Å². The molecule has 4 nitrogen and oxygen atoms in total. The lowest BCUT2D eigenvalue weighted by Gasteiger charge is -2.21. The number of hydrogen-bond donors (Lipinski definition) is 2. The summed E-state index contributed by atoms with van der Waals surface area (Å²) in [5.41, 5.74) is 1.16. The molecule has 1 aliphatic heterocycles. The molecule has 0 bridgehead atoms. The van der Waals surface area contributed by atoms with Gasteiger partial charge in [-0.15, -0.1) is 24.8 Å². The molecule has 2 rings (SSSR count). The summed E-state index contributed by atoms with van der Waals surface area (Å²) >= 11 is 0. The monoisotopic (exact) mass is 305 g/mol. The predicted octanol–water partition coefficient (Wildman–Crippen LogP) is 1.58. The number of piperidine rings is 1. The van der Waals surface area contributed by atoms with Crippen LogP contribution in [0, 0.1) is 5.92 Å². The van der Waals surface area contributed by atoms with Crippen LogP contribution >= 0.6 is 24.8 Å². The molecule has 1 fully saturated rings. The van der Waals surface area contributed by atoms with Crippen LogP contribution in [-0.4, -0.2) is 30.5 Å². The number of rotatable bonds is 4. The van der Waals surface area contributed by atoms with Crippen molar-refractivity contribution >= 4 is 30.7 Å². The maximum absolute atomic E-state index is 11.8. The molecule has 0 radical (unpaired) electrons. The van der Waals surface area contributed by atoms with Crippen molar-refractivity contribution < 1.29 is 4.79 Å². The Hall–Kier alpha value is -0.840. The molecule has 6 heteroatoms. The van der Waals surface area contributed by atoms with Gasteiger partial charge in [0.1, 0.15) is 0 Å². The lowest BCUT2D eigenvalue weighted by molar-refractivity contribution is -0.125. The maximum atomic E-state index is 11.8. The molecule has 2 N–H and O–H groups in total. The minimum Gasteiger partial charge on any atom is -0.356 e. The van der Waals surface area contributed by atoms with E-state index >= 15 is 0 Å². The Morgan fingerprint density at radius 2 is 2.11 bits per heavy atom. The van der Waals surface area contributed by atoms with E-state index in [1.807, 2.05) is 18.3 Å². The number of hydrogen-bond acceptors (Lipinski definition) is 3. The number of carbonyl (C=O) groups is 1. The van der Waals surface area contributed by atoms with Gasteiger partial charge in [0.25, 0.3) is 0 Å². The van der Waals surface area contributed by atoms with E-state index in [1.54, 1.807) is 6.20 Å². The van der Waals surface area contributed by atoms with Crippen LogP contribution in [0.2, 0.25) is 0 Å². The van der Waals surface area contributed by atoms with E-state index in [-0.39, 0.29) is 36.6 Å². The van der Waals surface area contributed by atoms with Crippen LogP contribution in [0.1, 0.15) is 18.4 Å². The zero-order chi connectivity index (χ0) is 11.9. The predicted molar refractivity (Wildman–Crippen MR) is 81.0 cm³/mol. The summed E-state index contributed by atoms with van der Waals surface area (Å²) in [7, 11) is 0. The number of nitrogens with one attached hydrogen (secondary N) is 2. The lowest BCUT2D eigenvalue weighted by Crippen LogP contribution is -2.38. The average molecular weight is 306 g/mol. The van der Waals surface area contributed by atoms with E-state index in [0.29, 0.717) is 6.54 Å². The number of carbonyl (C=O) groups excluding carboxylic acids is 1. The van der Waals surface area contributed by atoms with Crippen molar-refractivity contribution in [2.75, 3.05) is 19.6 Å². The third-order valence-electron chi connectivity index (χ3n) is 3.15. The number of pyridine rings is 1. The lowest BCUT2D eigenvalue weighted by atomic mass is 9.97. The minimum atomic E-state index is 0. The Morgan fingerprint density at radius 1 is 1.37 bits per heavy atom. The quantitative estimate of drug-likeness (QED) is 0.888. The molecule has 0 aliphatic carbocycles. The van der Waals surface area contributed by atoms with Crippen LogP contribution in [0.25, 0.3) is 0 Å². The fraction of sp³-hybridized carbons (Fsp3) is 0.538. The summed E-state index contributed by atoms with van der Waals surface area (Å²) in [6.07, 6.45) is 6.37. The first-order chi connectivity index (χ1) is 8.36. The number of nitrogens with zero attached hydrogens (tertiary/aromatic N) is 1. The van der Waals surface area contributed by atoms with Crippen LogP contribution in [0.4, 0.5) is 0 Å². The molecule has 1 aromatic rings. The molecule has 108 valence electrons. The van der Waals surface area contributed by atoms with Gasteiger partial charge in [0, 0.05) is 24.9 Å². The fourth-order valence-corrected chi connectivity index (χ4v) is 2.10. The molecular formula is C13H21Cl2N3O. The second kappa shape index (κ2) is 10.0. The van der Waals surface area contributed by atoms with Crippen molar-refractivity contribution in [3.8, 4) is 0 Å². The minimum absolute atomic E-state index is 0. The fourth-order valence-electron chi connectivity index (χ4n) is 2.10. The van der Waals surface area contributed by atoms with Crippen LogP contribution in [-0.2, 0) is 11.2 Å². The number of amides is 1. The summed E-state index contributed by atoms with van der Waals surface area (Å²) < 4.78 is 0. The van der Waals surface area contributed by atoms with Gasteiger partial charge in [0.2, 0.25) is 5.91 Å². The van der Waals surface area contributed by atoms with E-state index in [4.69, 9.17) is 0 Å². The zero-order valence-corrected chi connectivity index (χ0v) is 12.4. The van der Waals surface area contributed by atoms with Crippen LogP contribution in [0.15, 0.2) is 24.5 Å². The number of aromatic nitrogens is 1. The highest BCUT2D eigenvalue weighted by Crippen LogP contribution is 2.11. The molecule has 0 atom stereocenters. The Balaban J connectivity index is 0.00000162. The van der Waals surface area contributed by atoms with Crippen molar-refractivity contribution in [1.29, 1.82) is 0 Å². The van der Waals surface area contributed by atoms with Gasteiger partial charge in [-0.3, -0.25) is 9.78 Å². The Kier molecular flexibility index (Phi) is 9.57. The molecule has 0 saturated carbocycles. The van der Waals surface area contributed by atoms with Crippen molar-refractivity contribution in [2.24, 2.45) is 5.92 Å². The molecule has 19 heavy (non-hydrogen) atoms. The van der Waals surface area contributed by atoms with Crippen molar-refractivity contribution in [3.05, 3.63) is 30.1 Å². The van der Waals surface area contributed by atoms with Gasteiger partial charge < -0.3 is 10.6 Å². The topological polar surface area (TPSA) is 54.0 Å². The van der Waals surface area contributed by atoms with Crippen molar-refractivity contribution in [2.45, 2.75) is 19.3 Å². The Morgan fingerprint density at radius 3 is 2.74 bits per heavy atom. The summed E-state index contributed by atoms with van der Waals surface area (Å²) in [5.74, 6) is 0.403.